The zero-order chi connectivity index (χ0) is 15.6. The summed E-state index contributed by atoms with van der Waals surface area (Å²) < 4.78 is 27.3. The molecule has 0 aliphatic carbocycles. The van der Waals surface area contributed by atoms with Crippen LogP contribution in [0.2, 0.25) is 0 Å². The molecule has 0 fully saturated rings. The number of nitrogens with one attached hydrogen (secondary N) is 1. The minimum Gasteiger partial charge on any atom is -0.389 e. The molecule has 0 aliphatic rings. The quantitative estimate of drug-likeness (QED) is 0.818. The third-order valence-electron chi connectivity index (χ3n) is 2.93. The van der Waals surface area contributed by atoms with E-state index in [1.165, 1.54) is 6.07 Å². The Labute approximate surface area is 126 Å². The van der Waals surface area contributed by atoms with Crippen LogP contribution >= 0.6 is 12.2 Å². The van der Waals surface area contributed by atoms with Crippen molar-refractivity contribution < 1.29 is 8.42 Å². The Balaban J connectivity index is 2.97. The van der Waals surface area contributed by atoms with Crippen LogP contribution in [0.4, 0.5) is 0 Å². The molecule has 1 aromatic carbocycles. The lowest BCUT2D eigenvalue weighted by molar-refractivity contribution is 0.378. The lowest BCUT2D eigenvalue weighted by atomic mass is 9.93. The highest BCUT2D eigenvalue weighted by Crippen LogP contribution is 2.20. The smallest absolute Gasteiger partial charge is 0.240 e. The molecular formula is C14H22N2O2S2. The van der Waals surface area contributed by atoms with E-state index in [4.69, 9.17) is 18.0 Å². The van der Waals surface area contributed by atoms with Crippen LogP contribution in [0.15, 0.2) is 23.1 Å². The van der Waals surface area contributed by atoms with Gasteiger partial charge in [0.15, 0.2) is 0 Å². The topological polar surface area (TPSA) is 72.2 Å². The molecule has 0 amide bonds. The van der Waals surface area contributed by atoms with Gasteiger partial charge in [0.2, 0.25) is 10.0 Å². The highest BCUT2D eigenvalue weighted by atomic mass is 32.2. The molecular weight excluding hydrogens is 292 g/mol. The predicted molar refractivity (Wildman–Crippen MR) is 86.3 cm³/mol. The van der Waals surface area contributed by atoms with E-state index >= 15 is 0 Å². The van der Waals surface area contributed by atoms with Gasteiger partial charge in [-0.25, -0.2) is 13.1 Å². The van der Waals surface area contributed by atoms with Gasteiger partial charge in [0, 0.05) is 12.1 Å². The fourth-order valence-electron chi connectivity index (χ4n) is 1.68. The number of benzene rings is 1. The third kappa shape index (κ3) is 4.85. The van der Waals surface area contributed by atoms with E-state index < -0.39 is 10.0 Å². The molecule has 0 aliphatic heterocycles. The highest BCUT2D eigenvalue weighted by molar-refractivity contribution is 7.89. The zero-order valence-corrected chi connectivity index (χ0v) is 14.0. The van der Waals surface area contributed by atoms with Gasteiger partial charge in [0.05, 0.1) is 4.90 Å². The number of rotatable bonds is 5. The van der Waals surface area contributed by atoms with Crippen molar-refractivity contribution in [1.29, 1.82) is 0 Å². The summed E-state index contributed by atoms with van der Waals surface area (Å²) in [6.45, 7) is 8.37. The SMILES string of the molecule is Cc1ccc(C(N)=S)cc1S(=O)(=O)NCCC(C)(C)C. The molecule has 0 spiro atoms. The molecule has 6 heteroatoms. The number of aryl methyl sites for hydroxylation is 1. The summed E-state index contributed by atoms with van der Waals surface area (Å²) in [5.74, 6) is 0. The first-order chi connectivity index (χ1) is 9.03. The van der Waals surface area contributed by atoms with E-state index in [0.29, 0.717) is 17.7 Å². The van der Waals surface area contributed by atoms with Gasteiger partial charge in [-0.05, 0) is 30.4 Å². The summed E-state index contributed by atoms with van der Waals surface area (Å²) in [7, 11) is -3.53. The van der Waals surface area contributed by atoms with E-state index in [-0.39, 0.29) is 15.3 Å². The maximum atomic E-state index is 12.3. The lowest BCUT2D eigenvalue weighted by Crippen LogP contribution is -2.28. The average molecular weight is 314 g/mol. The first kappa shape index (κ1) is 17.1. The lowest BCUT2D eigenvalue weighted by Gasteiger charge is -2.18. The largest absolute Gasteiger partial charge is 0.389 e. The van der Waals surface area contributed by atoms with Crippen LogP contribution in [0.1, 0.15) is 38.3 Å². The minimum absolute atomic E-state index is 0.0816. The Kier molecular flexibility index (Phi) is 5.29. The summed E-state index contributed by atoms with van der Waals surface area (Å²) in [6, 6.07) is 4.97. The van der Waals surface area contributed by atoms with Gasteiger partial charge >= 0.3 is 0 Å². The number of hydrogen-bond donors (Lipinski definition) is 2. The highest BCUT2D eigenvalue weighted by Gasteiger charge is 2.19. The normalized spacial score (nSPS) is 12.4. The summed E-state index contributed by atoms with van der Waals surface area (Å²) >= 11 is 4.89. The van der Waals surface area contributed by atoms with E-state index in [0.717, 1.165) is 6.42 Å². The Hall–Kier alpha value is -0.980. The fraction of sp³-hybridized carbons (Fsp3) is 0.500. The van der Waals surface area contributed by atoms with Gasteiger partial charge in [-0.15, -0.1) is 0 Å². The molecule has 0 bridgehead atoms. The average Bonchev–Trinajstić information content (AvgIpc) is 2.26. The van der Waals surface area contributed by atoms with Crippen molar-refractivity contribution in [2.45, 2.75) is 39.0 Å². The van der Waals surface area contributed by atoms with E-state index in [1.807, 2.05) is 0 Å². The first-order valence-electron chi connectivity index (χ1n) is 6.43. The second-order valence-electron chi connectivity index (χ2n) is 6.05. The molecule has 0 saturated carbocycles. The van der Waals surface area contributed by atoms with E-state index in [9.17, 15) is 8.42 Å². The summed E-state index contributed by atoms with van der Waals surface area (Å²) in [5, 5.41) is 0. The number of hydrogen-bond acceptors (Lipinski definition) is 3. The second-order valence-corrected chi connectivity index (χ2v) is 8.23. The first-order valence-corrected chi connectivity index (χ1v) is 8.32. The molecule has 1 rings (SSSR count). The molecule has 4 nitrogen and oxygen atoms in total. The van der Waals surface area contributed by atoms with Crippen LogP contribution < -0.4 is 10.5 Å². The van der Waals surface area contributed by atoms with Gasteiger partial charge in [-0.1, -0.05) is 45.1 Å². The minimum atomic E-state index is -3.53. The standard InChI is InChI=1S/C14H22N2O2S2/c1-10-5-6-11(13(15)19)9-12(10)20(17,18)16-8-7-14(2,3)4/h5-6,9,16H,7-8H2,1-4H3,(H2,15,19). The van der Waals surface area contributed by atoms with Crippen LogP contribution in [0.3, 0.4) is 0 Å². The summed E-state index contributed by atoms with van der Waals surface area (Å²) in [6.07, 6.45) is 0.764. The maximum absolute atomic E-state index is 12.3. The monoisotopic (exact) mass is 314 g/mol. The molecule has 3 N–H and O–H groups in total. The van der Waals surface area contributed by atoms with Gasteiger partial charge in [-0.3, -0.25) is 0 Å². The van der Waals surface area contributed by atoms with Crippen molar-refractivity contribution in [1.82, 2.24) is 4.72 Å². The number of sulfonamides is 1. The van der Waals surface area contributed by atoms with Gasteiger partial charge in [0.1, 0.15) is 4.99 Å². The summed E-state index contributed by atoms with van der Waals surface area (Å²) in [4.78, 5) is 0.424. The van der Waals surface area contributed by atoms with Crippen molar-refractivity contribution in [3.8, 4) is 0 Å². The van der Waals surface area contributed by atoms with Gasteiger partial charge in [-0.2, -0.15) is 0 Å². The Morgan fingerprint density at radius 2 is 1.95 bits per heavy atom. The molecule has 0 unspecified atom stereocenters. The Bertz CT molecular complexity index is 602. The van der Waals surface area contributed by atoms with Crippen LogP contribution in [0, 0.1) is 12.3 Å². The molecule has 1 aromatic rings. The van der Waals surface area contributed by atoms with E-state index in [1.54, 1.807) is 19.1 Å². The molecule has 20 heavy (non-hydrogen) atoms. The fourth-order valence-corrected chi connectivity index (χ4v) is 3.11. The van der Waals surface area contributed by atoms with Crippen molar-refractivity contribution >= 4 is 27.2 Å². The van der Waals surface area contributed by atoms with Gasteiger partial charge < -0.3 is 5.73 Å². The van der Waals surface area contributed by atoms with Crippen molar-refractivity contribution in [3.05, 3.63) is 29.3 Å². The second kappa shape index (κ2) is 6.20. The van der Waals surface area contributed by atoms with Crippen LogP contribution in [0.5, 0.6) is 0 Å². The van der Waals surface area contributed by atoms with Crippen molar-refractivity contribution in [3.63, 3.8) is 0 Å². The molecule has 0 atom stereocenters. The van der Waals surface area contributed by atoms with Gasteiger partial charge in [0.25, 0.3) is 0 Å². The predicted octanol–water partition coefficient (Wildman–Crippen LogP) is 2.34. The number of nitrogens with two attached hydrogens (primary N) is 1. The van der Waals surface area contributed by atoms with Crippen LogP contribution in [-0.2, 0) is 10.0 Å². The molecule has 0 heterocycles. The van der Waals surface area contributed by atoms with Crippen molar-refractivity contribution in [2.24, 2.45) is 11.1 Å². The molecule has 112 valence electrons. The molecule has 0 radical (unpaired) electrons. The number of thiocarbonyl (C=S) groups is 1. The Morgan fingerprint density at radius 3 is 2.45 bits per heavy atom. The zero-order valence-electron chi connectivity index (χ0n) is 12.4. The van der Waals surface area contributed by atoms with Crippen LogP contribution in [0.25, 0.3) is 0 Å². The Morgan fingerprint density at radius 1 is 1.35 bits per heavy atom. The third-order valence-corrected chi connectivity index (χ3v) is 4.77. The molecule has 0 saturated heterocycles. The van der Waals surface area contributed by atoms with E-state index in [2.05, 4.69) is 25.5 Å². The molecule has 0 aromatic heterocycles. The maximum Gasteiger partial charge on any atom is 0.240 e. The summed E-state index contributed by atoms with van der Waals surface area (Å²) in [5.41, 5.74) is 6.86. The van der Waals surface area contributed by atoms with Crippen LogP contribution in [-0.4, -0.2) is 20.0 Å². The van der Waals surface area contributed by atoms with Crippen molar-refractivity contribution in [2.75, 3.05) is 6.54 Å².